The molecule has 0 saturated carbocycles. The van der Waals surface area contributed by atoms with E-state index in [0.717, 1.165) is 57.4 Å². The zero-order valence-corrected chi connectivity index (χ0v) is 37.7. The van der Waals surface area contributed by atoms with E-state index in [2.05, 4.69) is 130 Å². The highest BCUT2D eigenvalue weighted by atomic mass is 79.9. The Morgan fingerprint density at radius 2 is 0.776 bits per heavy atom. The van der Waals surface area contributed by atoms with Crippen molar-refractivity contribution in [3.8, 4) is 0 Å². The van der Waals surface area contributed by atoms with Crippen molar-refractivity contribution in [2.24, 2.45) is 0 Å². The third-order valence-electron chi connectivity index (χ3n) is 12.3. The van der Waals surface area contributed by atoms with Crippen LogP contribution in [0.25, 0.3) is 21.8 Å². The number of pyridine rings is 2. The van der Waals surface area contributed by atoms with E-state index in [1.165, 1.54) is 22.3 Å². The Morgan fingerprint density at radius 1 is 0.448 bits per heavy atom. The molecule has 0 spiro atoms. The maximum absolute atomic E-state index is 6.84. The summed E-state index contributed by atoms with van der Waals surface area (Å²) in [6.45, 7) is 0. The predicted molar refractivity (Wildman–Crippen MR) is 233 cm³/mol. The molecule has 2 aromatic heterocycles. The van der Waals surface area contributed by atoms with Crippen molar-refractivity contribution in [3.05, 3.63) is 200 Å². The Balaban J connectivity index is 0.00000235. The van der Waals surface area contributed by atoms with E-state index >= 15 is 0 Å². The number of hydrogen-bond donors (Lipinski definition) is 0. The highest BCUT2D eigenvalue weighted by Gasteiger charge is 2.58. The second-order valence-corrected chi connectivity index (χ2v) is 16.7. The minimum Gasteiger partial charge on any atom is -1.00 e. The lowest BCUT2D eigenvalue weighted by atomic mass is 9.77. The van der Waals surface area contributed by atoms with Crippen LogP contribution in [0.2, 0.25) is 20.1 Å². The lowest BCUT2D eigenvalue weighted by molar-refractivity contribution is -0.734. The van der Waals surface area contributed by atoms with Gasteiger partial charge < -0.3 is 43.8 Å². The number of fused-ring (bicyclic) bond motifs is 6. The number of allylic oxidation sites excluding steroid dienone is 12. The summed E-state index contributed by atoms with van der Waals surface area (Å²) in [5, 5.41) is 5.03. The first-order valence-corrected chi connectivity index (χ1v) is 20.2. The van der Waals surface area contributed by atoms with Crippen LogP contribution in [0.4, 0.5) is 22.7 Å². The molecule has 10 rings (SSSR count). The number of anilines is 4. The van der Waals surface area contributed by atoms with E-state index in [-0.39, 0.29) is 34.0 Å². The summed E-state index contributed by atoms with van der Waals surface area (Å²) in [5.74, 6) is 0. The topological polar surface area (TPSA) is 14.2 Å². The molecule has 4 bridgehead atoms. The van der Waals surface area contributed by atoms with Crippen molar-refractivity contribution in [1.82, 2.24) is 0 Å². The zero-order chi connectivity index (χ0) is 38.3. The number of halogens is 6. The van der Waals surface area contributed by atoms with E-state index in [0.29, 0.717) is 20.1 Å². The molecule has 6 aromatic rings. The lowest BCUT2D eigenvalue weighted by Crippen LogP contribution is -3.00. The number of hydrogen-bond acceptors (Lipinski definition) is 2. The van der Waals surface area contributed by atoms with E-state index < -0.39 is 11.1 Å². The van der Waals surface area contributed by atoms with Crippen molar-refractivity contribution >= 4 is 91.0 Å². The fourth-order valence-electron chi connectivity index (χ4n) is 9.44. The maximum atomic E-state index is 6.84. The van der Waals surface area contributed by atoms with Crippen LogP contribution in [0.5, 0.6) is 0 Å². The molecule has 0 radical (unpaired) electrons. The smallest absolute Gasteiger partial charge is 0.219 e. The van der Waals surface area contributed by atoms with E-state index in [1.54, 1.807) is 0 Å². The van der Waals surface area contributed by atoms with Gasteiger partial charge in [-0.2, -0.15) is 9.13 Å². The largest absolute Gasteiger partial charge is 1.00 e. The van der Waals surface area contributed by atoms with Crippen LogP contribution >= 0.6 is 46.4 Å². The van der Waals surface area contributed by atoms with Gasteiger partial charge in [0.1, 0.15) is 0 Å². The molecule has 4 aliphatic rings. The van der Waals surface area contributed by atoms with Crippen LogP contribution in [-0.4, -0.2) is 14.1 Å². The Morgan fingerprint density at radius 3 is 1.10 bits per heavy atom. The summed E-state index contributed by atoms with van der Waals surface area (Å²) in [6.07, 6.45) is 24.4. The molecule has 0 saturated heterocycles. The summed E-state index contributed by atoms with van der Waals surface area (Å²) >= 11 is 26.2. The van der Waals surface area contributed by atoms with Crippen LogP contribution in [0, 0.1) is 0 Å². The molecule has 290 valence electrons. The van der Waals surface area contributed by atoms with Crippen LogP contribution in [0.15, 0.2) is 180 Å². The van der Waals surface area contributed by atoms with Gasteiger partial charge in [0.25, 0.3) is 0 Å². The number of rotatable bonds is 9. The van der Waals surface area contributed by atoms with Crippen LogP contribution in [0.1, 0.15) is 12.8 Å². The number of benzene rings is 4. The first kappa shape index (κ1) is 40.6. The molecule has 4 aliphatic carbocycles. The van der Waals surface area contributed by atoms with E-state index in [9.17, 15) is 0 Å². The lowest BCUT2D eigenvalue weighted by Gasteiger charge is -2.32. The molecule has 2 heterocycles. The molecule has 0 N–H and O–H groups in total. The summed E-state index contributed by atoms with van der Waals surface area (Å²) in [7, 11) is 4.19. The van der Waals surface area contributed by atoms with Gasteiger partial charge in [0.2, 0.25) is 22.1 Å². The Hall–Kier alpha value is -4.14. The normalized spacial score (nSPS) is 16.2. The van der Waals surface area contributed by atoms with E-state index in [1.807, 2.05) is 60.7 Å². The fourth-order valence-corrected chi connectivity index (χ4v) is 10.0. The highest BCUT2D eigenvalue weighted by molar-refractivity contribution is 6.32. The monoisotopic (exact) mass is 966 g/mol. The Kier molecular flexibility index (Phi) is 10.8. The summed E-state index contributed by atoms with van der Waals surface area (Å²) in [6, 6.07) is 32.8. The summed E-state index contributed by atoms with van der Waals surface area (Å²) in [4.78, 5) is 4.42. The highest BCUT2D eigenvalue weighted by Crippen LogP contribution is 2.52. The quantitative estimate of drug-likeness (QED) is 0.155. The first-order chi connectivity index (χ1) is 27.2. The summed E-state index contributed by atoms with van der Waals surface area (Å²) in [5.41, 5.74) is 10.6. The SMILES string of the molecule is CN(c1ccc(Cl)cc1)c1cc[n+](C2(CCC3([n+]4ccc(N(C)c5ccc(Cl)cc5)c5ccc(Cl)cc54)C4=CC=C3C=C4)C3=CC=C2C=C3)c2cc(Cl)ccc12.[Br-].[Br-]. The van der Waals surface area contributed by atoms with Crippen molar-refractivity contribution in [2.75, 3.05) is 23.9 Å². The Labute approximate surface area is 379 Å². The average molecular weight is 970 g/mol. The van der Waals surface area contributed by atoms with Gasteiger partial charge >= 0.3 is 0 Å². The number of aromatic nitrogens is 2. The molecule has 4 nitrogen and oxygen atoms in total. The molecular formula is C48H36Br2Cl4N4. The predicted octanol–water partition coefficient (Wildman–Crippen LogP) is 6.47. The van der Waals surface area contributed by atoms with Gasteiger partial charge in [-0.15, -0.1) is 0 Å². The van der Waals surface area contributed by atoms with Crippen molar-refractivity contribution in [3.63, 3.8) is 0 Å². The number of nitrogens with zero attached hydrogens (tertiary/aromatic N) is 4. The van der Waals surface area contributed by atoms with Gasteiger partial charge in [-0.1, -0.05) is 95.0 Å². The van der Waals surface area contributed by atoms with Gasteiger partial charge in [0, 0.05) is 105 Å². The van der Waals surface area contributed by atoms with Crippen molar-refractivity contribution < 1.29 is 43.1 Å². The third kappa shape index (κ3) is 6.22. The van der Waals surface area contributed by atoms with Crippen LogP contribution < -0.4 is 52.9 Å². The summed E-state index contributed by atoms with van der Waals surface area (Å²) < 4.78 is 4.92. The molecule has 0 unspecified atom stereocenters. The molecule has 58 heavy (non-hydrogen) atoms. The van der Waals surface area contributed by atoms with Crippen molar-refractivity contribution in [1.29, 1.82) is 0 Å². The maximum Gasteiger partial charge on any atom is 0.219 e. The molecule has 0 atom stereocenters. The van der Waals surface area contributed by atoms with Gasteiger partial charge in [-0.3, -0.25) is 0 Å². The minimum absolute atomic E-state index is 0. The minimum atomic E-state index is -0.445. The second-order valence-electron chi connectivity index (χ2n) is 14.9. The van der Waals surface area contributed by atoms with Gasteiger partial charge in [-0.25, -0.2) is 0 Å². The fraction of sp³-hybridized carbons (Fsp3) is 0.125. The third-order valence-corrected chi connectivity index (χ3v) is 13.2. The van der Waals surface area contributed by atoms with Crippen LogP contribution in [-0.2, 0) is 11.1 Å². The molecule has 0 fully saturated rings. The van der Waals surface area contributed by atoms with Gasteiger partial charge in [0.05, 0.1) is 22.1 Å². The molecule has 0 amide bonds. The Bertz CT molecular complexity index is 2600. The van der Waals surface area contributed by atoms with Crippen LogP contribution in [0.3, 0.4) is 0 Å². The van der Waals surface area contributed by atoms with Gasteiger partial charge in [-0.05, 0) is 72.8 Å². The van der Waals surface area contributed by atoms with E-state index in [4.69, 9.17) is 46.4 Å². The molecular weight excluding hydrogens is 934 g/mol. The molecule has 10 heteroatoms. The molecule has 0 aliphatic heterocycles. The van der Waals surface area contributed by atoms with Gasteiger partial charge in [0.15, 0.2) is 12.4 Å². The average Bonchev–Trinajstić information content (AvgIpc) is 3.96. The van der Waals surface area contributed by atoms with Crippen molar-refractivity contribution in [2.45, 2.75) is 23.9 Å². The first-order valence-electron chi connectivity index (χ1n) is 18.7. The standard InChI is InChI=1S/C48H36Cl4N4.2BrH/c1-53(39-17-11-35(49)12-18-39)43-23-27-55(45-29-37(51)15-21-41(43)45)47(31-3-4-32(47)6-5-31)25-26-48(33-7-8-34(48)10-9-33)56-28-24-44(42-22-16-38(52)30-46(42)56)54(2)40-19-13-36(50)14-20-40;;/h3-24,27-30H,25-26H2,1-2H3;2*1H/q+2;;/p-2. The second kappa shape index (κ2) is 15.5. The molecule has 4 aromatic carbocycles. The zero-order valence-electron chi connectivity index (χ0n) is 31.5.